The average Bonchev–Trinajstić information content (AvgIpc) is 3.35. The zero-order valence-corrected chi connectivity index (χ0v) is 16.1. The lowest BCUT2D eigenvalue weighted by Crippen LogP contribution is -2.11. The van der Waals surface area contributed by atoms with E-state index in [1.54, 1.807) is 36.4 Å². The van der Waals surface area contributed by atoms with Crippen LogP contribution in [0.3, 0.4) is 0 Å². The maximum Gasteiger partial charge on any atom is 0.255 e. The second kappa shape index (κ2) is 6.83. The van der Waals surface area contributed by atoms with Gasteiger partial charge in [0.2, 0.25) is 12.7 Å². The molecule has 144 valence electrons. The number of amides is 1. The fourth-order valence-corrected chi connectivity index (χ4v) is 3.28. The van der Waals surface area contributed by atoms with Crippen LogP contribution in [0, 0.1) is 6.92 Å². The van der Waals surface area contributed by atoms with Crippen LogP contribution >= 0.6 is 11.6 Å². The average molecular weight is 407 g/mol. The van der Waals surface area contributed by atoms with Gasteiger partial charge in [-0.15, -0.1) is 0 Å². The highest BCUT2D eigenvalue weighted by Crippen LogP contribution is 2.33. The van der Waals surface area contributed by atoms with Crippen LogP contribution in [-0.2, 0) is 0 Å². The van der Waals surface area contributed by atoms with Gasteiger partial charge in [-0.3, -0.25) is 4.79 Å². The molecule has 6 nitrogen and oxygen atoms in total. The molecule has 0 atom stereocenters. The van der Waals surface area contributed by atoms with Gasteiger partial charge in [0.1, 0.15) is 5.52 Å². The molecule has 1 N–H and O–H groups in total. The molecule has 2 heterocycles. The highest BCUT2D eigenvalue weighted by Gasteiger charge is 2.17. The Hall–Kier alpha value is -3.51. The number of carbonyl (C=O) groups excluding carboxylic acids is 1. The number of halogens is 1. The second-order valence-electron chi connectivity index (χ2n) is 6.69. The van der Waals surface area contributed by atoms with E-state index in [1.807, 2.05) is 25.1 Å². The summed E-state index contributed by atoms with van der Waals surface area (Å²) in [7, 11) is 0. The Bertz CT molecular complexity index is 1270. The minimum atomic E-state index is -0.253. The minimum Gasteiger partial charge on any atom is -0.454 e. The summed E-state index contributed by atoms with van der Waals surface area (Å²) in [5.74, 6) is 1.41. The Morgan fingerprint density at radius 2 is 1.90 bits per heavy atom. The lowest BCUT2D eigenvalue weighted by Gasteiger charge is -2.05. The number of nitrogens with one attached hydrogen (secondary N) is 1. The third-order valence-electron chi connectivity index (χ3n) is 4.70. The van der Waals surface area contributed by atoms with Crippen molar-refractivity contribution in [3.05, 3.63) is 70.7 Å². The molecule has 0 spiro atoms. The monoisotopic (exact) mass is 406 g/mol. The van der Waals surface area contributed by atoms with E-state index >= 15 is 0 Å². The molecule has 1 aliphatic rings. The van der Waals surface area contributed by atoms with Crippen LogP contribution in [0.4, 0.5) is 5.69 Å². The number of ether oxygens (including phenoxy) is 2. The molecule has 1 amide bonds. The molecular weight excluding hydrogens is 392 g/mol. The number of fused-ring (bicyclic) bond motifs is 2. The molecule has 0 unspecified atom stereocenters. The standard InChI is InChI=1S/C22H15ClN2O4/c1-12-2-3-14(8-16(12)23)22-25-17-10-15(5-7-18(17)29-22)24-21(26)13-4-6-19-20(9-13)28-11-27-19/h2-10H,11H2,1H3,(H,24,26). The normalized spacial score (nSPS) is 12.3. The lowest BCUT2D eigenvalue weighted by molar-refractivity contribution is 0.102. The van der Waals surface area contributed by atoms with Crippen LogP contribution in [-0.4, -0.2) is 17.7 Å². The van der Waals surface area contributed by atoms with Crippen molar-refractivity contribution in [2.75, 3.05) is 12.1 Å². The second-order valence-corrected chi connectivity index (χ2v) is 7.09. The Morgan fingerprint density at radius 3 is 2.76 bits per heavy atom. The largest absolute Gasteiger partial charge is 0.454 e. The maximum absolute atomic E-state index is 12.6. The van der Waals surface area contributed by atoms with Gasteiger partial charge in [-0.1, -0.05) is 17.7 Å². The molecule has 0 radical (unpaired) electrons. The van der Waals surface area contributed by atoms with E-state index in [0.717, 1.165) is 11.1 Å². The predicted molar refractivity (Wildman–Crippen MR) is 110 cm³/mol. The maximum atomic E-state index is 12.6. The lowest BCUT2D eigenvalue weighted by atomic mass is 10.1. The van der Waals surface area contributed by atoms with Gasteiger partial charge >= 0.3 is 0 Å². The molecule has 4 aromatic rings. The van der Waals surface area contributed by atoms with Crippen LogP contribution in [0.2, 0.25) is 5.02 Å². The number of nitrogens with zero attached hydrogens (tertiary/aromatic N) is 1. The van der Waals surface area contributed by atoms with Crippen molar-refractivity contribution in [2.24, 2.45) is 0 Å². The molecular formula is C22H15ClN2O4. The van der Waals surface area contributed by atoms with E-state index in [4.69, 9.17) is 25.5 Å². The molecule has 5 rings (SSSR count). The molecule has 29 heavy (non-hydrogen) atoms. The van der Waals surface area contributed by atoms with Gasteiger partial charge in [0.05, 0.1) is 0 Å². The number of hydrogen-bond donors (Lipinski definition) is 1. The minimum absolute atomic E-state index is 0.164. The quantitative estimate of drug-likeness (QED) is 0.490. The van der Waals surface area contributed by atoms with Crippen molar-refractivity contribution in [3.8, 4) is 23.0 Å². The number of rotatable bonds is 3. The molecule has 7 heteroatoms. The Labute approximate surface area is 171 Å². The number of aryl methyl sites for hydroxylation is 1. The first-order valence-corrected chi connectivity index (χ1v) is 9.33. The van der Waals surface area contributed by atoms with Crippen molar-refractivity contribution in [1.82, 2.24) is 4.98 Å². The van der Waals surface area contributed by atoms with Gasteiger partial charge in [-0.2, -0.15) is 0 Å². The van der Waals surface area contributed by atoms with E-state index in [0.29, 0.717) is 44.8 Å². The first-order chi connectivity index (χ1) is 14.1. The molecule has 1 aromatic heterocycles. The van der Waals surface area contributed by atoms with E-state index in [2.05, 4.69) is 10.3 Å². The number of benzene rings is 3. The van der Waals surface area contributed by atoms with Gasteiger partial charge in [0.25, 0.3) is 5.91 Å². The van der Waals surface area contributed by atoms with Crippen molar-refractivity contribution in [3.63, 3.8) is 0 Å². The molecule has 0 aliphatic carbocycles. The van der Waals surface area contributed by atoms with Crippen LogP contribution in [0.5, 0.6) is 11.5 Å². The van der Waals surface area contributed by atoms with E-state index in [9.17, 15) is 4.79 Å². The van der Waals surface area contributed by atoms with Crippen LogP contribution in [0.1, 0.15) is 15.9 Å². The fraction of sp³-hybridized carbons (Fsp3) is 0.0909. The van der Waals surface area contributed by atoms with E-state index < -0.39 is 0 Å². The third-order valence-corrected chi connectivity index (χ3v) is 5.11. The SMILES string of the molecule is Cc1ccc(-c2nc3cc(NC(=O)c4ccc5c(c4)OCO5)ccc3o2)cc1Cl. The van der Waals surface area contributed by atoms with Crippen molar-refractivity contribution in [1.29, 1.82) is 0 Å². The molecule has 0 saturated heterocycles. The van der Waals surface area contributed by atoms with Gasteiger partial charge in [-0.25, -0.2) is 4.98 Å². The van der Waals surface area contributed by atoms with Gasteiger partial charge in [-0.05, 0) is 61.0 Å². The molecule has 0 saturated carbocycles. The highest BCUT2D eigenvalue weighted by atomic mass is 35.5. The van der Waals surface area contributed by atoms with E-state index in [1.165, 1.54) is 0 Å². The third kappa shape index (κ3) is 3.28. The summed E-state index contributed by atoms with van der Waals surface area (Å²) in [4.78, 5) is 17.1. The zero-order valence-electron chi connectivity index (χ0n) is 15.4. The number of hydrogen-bond acceptors (Lipinski definition) is 5. The molecule has 1 aliphatic heterocycles. The van der Waals surface area contributed by atoms with Crippen molar-refractivity contribution in [2.45, 2.75) is 6.92 Å². The first kappa shape index (κ1) is 17.6. The number of carbonyl (C=O) groups is 1. The van der Waals surface area contributed by atoms with Crippen molar-refractivity contribution >= 4 is 34.3 Å². The van der Waals surface area contributed by atoms with Crippen LogP contribution < -0.4 is 14.8 Å². The van der Waals surface area contributed by atoms with E-state index in [-0.39, 0.29) is 12.7 Å². The van der Waals surface area contributed by atoms with Crippen LogP contribution in [0.15, 0.2) is 59.0 Å². The summed E-state index contributed by atoms with van der Waals surface area (Å²) in [6.07, 6.45) is 0. The fourth-order valence-electron chi connectivity index (χ4n) is 3.10. The first-order valence-electron chi connectivity index (χ1n) is 8.95. The smallest absolute Gasteiger partial charge is 0.255 e. The van der Waals surface area contributed by atoms with Crippen molar-refractivity contribution < 1.29 is 18.7 Å². The number of aromatic nitrogens is 1. The Morgan fingerprint density at radius 1 is 1.03 bits per heavy atom. The summed E-state index contributed by atoms with van der Waals surface area (Å²) in [6, 6.07) is 16.0. The van der Waals surface area contributed by atoms with Gasteiger partial charge in [0.15, 0.2) is 17.1 Å². The molecule has 3 aromatic carbocycles. The van der Waals surface area contributed by atoms with Gasteiger partial charge in [0, 0.05) is 21.8 Å². The summed E-state index contributed by atoms with van der Waals surface area (Å²) in [5, 5.41) is 3.52. The summed E-state index contributed by atoms with van der Waals surface area (Å²) in [5.41, 5.74) is 4.13. The summed E-state index contributed by atoms with van der Waals surface area (Å²) < 4.78 is 16.4. The zero-order chi connectivity index (χ0) is 20.0. The number of anilines is 1. The van der Waals surface area contributed by atoms with Crippen LogP contribution in [0.25, 0.3) is 22.6 Å². The predicted octanol–water partition coefficient (Wildman–Crippen LogP) is 5.44. The highest BCUT2D eigenvalue weighted by molar-refractivity contribution is 6.31. The molecule has 0 bridgehead atoms. The number of oxazole rings is 1. The topological polar surface area (TPSA) is 73.6 Å². The Balaban J connectivity index is 1.41. The summed E-state index contributed by atoms with van der Waals surface area (Å²) in [6.45, 7) is 2.10. The molecule has 0 fully saturated rings. The van der Waals surface area contributed by atoms with Gasteiger partial charge < -0.3 is 19.2 Å². The summed E-state index contributed by atoms with van der Waals surface area (Å²) >= 11 is 6.20. The Kier molecular flexibility index (Phi) is 4.14.